The summed E-state index contributed by atoms with van der Waals surface area (Å²) in [5.74, 6) is 0.676. The highest BCUT2D eigenvalue weighted by atomic mass is 15.0. The van der Waals surface area contributed by atoms with Gasteiger partial charge >= 0.3 is 0 Å². The van der Waals surface area contributed by atoms with Crippen molar-refractivity contribution in [3.8, 4) is 0 Å². The highest BCUT2D eigenvalue weighted by molar-refractivity contribution is 5.80. The van der Waals surface area contributed by atoms with Crippen LogP contribution in [0, 0.1) is 5.92 Å². The molecule has 2 aromatic rings. The van der Waals surface area contributed by atoms with Gasteiger partial charge in [0, 0.05) is 24.8 Å². The van der Waals surface area contributed by atoms with Crippen LogP contribution in [0.1, 0.15) is 19.4 Å². The Kier molecular flexibility index (Phi) is 2.78. The van der Waals surface area contributed by atoms with E-state index in [1.165, 1.54) is 16.5 Å². The maximum atomic E-state index is 5.62. The molecule has 0 fully saturated rings. The summed E-state index contributed by atoms with van der Waals surface area (Å²) in [6.07, 6.45) is 2.16. The van der Waals surface area contributed by atoms with E-state index in [0.717, 1.165) is 6.54 Å². The minimum Gasteiger partial charge on any atom is -0.347 e. The molecule has 0 spiro atoms. The number of aromatic nitrogens is 1. The summed E-state index contributed by atoms with van der Waals surface area (Å²) >= 11 is 0. The Labute approximate surface area is 90.7 Å². The molecule has 15 heavy (non-hydrogen) atoms. The van der Waals surface area contributed by atoms with E-state index < -0.39 is 0 Å². The summed E-state index contributed by atoms with van der Waals surface area (Å²) in [6.45, 7) is 6.16. The fourth-order valence-corrected chi connectivity index (χ4v) is 1.93. The van der Waals surface area contributed by atoms with E-state index in [4.69, 9.17) is 5.73 Å². The smallest absolute Gasteiger partial charge is 0.0480 e. The molecule has 1 heterocycles. The topological polar surface area (TPSA) is 30.9 Å². The lowest BCUT2D eigenvalue weighted by Crippen LogP contribution is -2.02. The maximum Gasteiger partial charge on any atom is 0.0480 e. The lowest BCUT2D eigenvalue weighted by molar-refractivity contribution is 0.535. The van der Waals surface area contributed by atoms with Crippen molar-refractivity contribution in [3.63, 3.8) is 0 Å². The first-order valence-corrected chi connectivity index (χ1v) is 5.48. The van der Waals surface area contributed by atoms with Crippen LogP contribution < -0.4 is 5.73 Å². The van der Waals surface area contributed by atoms with Gasteiger partial charge in [0.25, 0.3) is 0 Å². The molecule has 80 valence electrons. The average Bonchev–Trinajstić information content (AvgIpc) is 2.60. The molecule has 0 aliphatic carbocycles. The molecule has 0 amide bonds. The van der Waals surface area contributed by atoms with Crippen LogP contribution >= 0.6 is 0 Å². The van der Waals surface area contributed by atoms with Crippen molar-refractivity contribution in [1.82, 2.24) is 4.57 Å². The Morgan fingerprint density at radius 3 is 2.73 bits per heavy atom. The van der Waals surface area contributed by atoms with E-state index in [1.54, 1.807) is 0 Å². The summed E-state index contributed by atoms with van der Waals surface area (Å²) in [5, 5.41) is 1.29. The molecule has 2 heteroatoms. The molecule has 0 unspecified atom stereocenters. The third-order valence-corrected chi connectivity index (χ3v) is 2.63. The van der Waals surface area contributed by atoms with Crippen LogP contribution in [-0.4, -0.2) is 4.57 Å². The predicted molar refractivity (Wildman–Crippen MR) is 64.7 cm³/mol. The zero-order valence-corrected chi connectivity index (χ0v) is 9.40. The lowest BCUT2D eigenvalue weighted by atomic mass is 10.1. The van der Waals surface area contributed by atoms with Gasteiger partial charge in [0.05, 0.1) is 0 Å². The van der Waals surface area contributed by atoms with Crippen molar-refractivity contribution >= 4 is 10.9 Å². The number of benzene rings is 1. The molecule has 2 rings (SSSR count). The quantitative estimate of drug-likeness (QED) is 0.815. The van der Waals surface area contributed by atoms with Gasteiger partial charge in [0.15, 0.2) is 0 Å². The summed E-state index contributed by atoms with van der Waals surface area (Å²) in [7, 11) is 0. The van der Waals surface area contributed by atoms with Gasteiger partial charge in [0.2, 0.25) is 0 Å². The molecule has 2 nitrogen and oxygen atoms in total. The summed E-state index contributed by atoms with van der Waals surface area (Å²) in [4.78, 5) is 0. The minimum absolute atomic E-state index is 0.616. The maximum absolute atomic E-state index is 5.62. The third-order valence-electron chi connectivity index (χ3n) is 2.63. The van der Waals surface area contributed by atoms with Gasteiger partial charge in [-0.1, -0.05) is 19.9 Å². The first-order valence-electron chi connectivity index (χ1n) is 5.48. The van der Waals surface area contributed by atoms with E-state index >= 15 is 0 Å². The minimum atomic E-state index is 0.616. The SMILES string of the molecule is CC(C)Cn1ccc2cc(CN)ccc21. The zero-order chi connectivity index (χ0) is 10.8. The van der Waals surface area contributed by atoms with E-state index in [2.05, 4.69) is 48.9 Å². The number of hydrogen-bond donors (Lipinski definition) is 1. The van der Waals surface area contributed by atoms with Gasteiger partial charge < -0.3 is 10.3 Å². The number of rotatable bonds is 3. The standard InChI is InChI=1S/C13H18N2/c1-10(2)9-15-6-5-12-7-11(8-14)3-4-13(12)15/h3-7,10H,8-9,14H2,1-2H3. The molecule has 0 radical (unpaired) electrons. The van der Waals surface area contributed by atoms with Crippen LogP contribution in [0.2, 0.25) is 0 Å². The van der Waals surface area contributed by atoms with Gasteiger partial charge in [-0.2, -0.15) is 0 Å². The van der Waals surface area contributed by atoms with Gasteiger partial charge in [-0.25, -0.2) is 0 Å². The molecule has 2 N–H and O–H groups in total. The largest absolute Gasteiger partial charge is 0.347 e. The molecular weight excluding hydrogens is 184 g/mol. The summed E-state index contributed by atoms with van der Waals surface area (Å²) in [5.41, 5.74) is 8.13. The molecule has 0 saturated heterocycles. The van der Waals surface area contributed by atoms with E-state index in [-0.39, 0.29) is 0 Å². The van der Waals surface area contributed by atoms with Crippen LogP contribution in [0.4, 0.5) is 0 Å². The summed E-state index contributed by atoms with van der Waals surface area (Å²) < 4.78 is 2.31. The van der Waals surface area contributed by atoms with Crippen molar-refractivity contribution < 1.29 is 0 Å². The molecule has 0 aliphatic rings. The molecule has 1 aromatic heterocycles. The number of nitrogens with zero attached hydrogens (tertiary/aromatic N) is 1. The Bertz CT molecular complexity index is 455. The fraction of sp³-hybridized carbons (Fsp3) is 0.385. The number of nitrogens with two attached hydrogens (primary N) is 1. The molecule has 0 atom stereocenters. The van der Waals surface area contributed by atoms with Gasteiger partial charge in [0.1, 0.15) is 0 Å². The predicted octanol–water partition coefficient (Wildman–Crippen LogP) is 2.76. The summed E-state index contributed by atoms with van der Waals surface area (Å²) in [6, 6.07) is 8.61. The molecule has 0 saturated carbocycles. The van der Waals surface area contributed by atoms with E-state index in [9.17, 15) is 0 Å². The molecule has 0 bridgehead atoms. The molecule has 0 aliphatic heterocycles. The van der Waals surface area contributed by atoms with Crippen molar-refractivity contribution in [2.75, 3.05) is 0 Å². The van der Waals surface area contributed by atoms with Crippen molar-refractivity contribution in [2.24, 2.45) is 11.7 Å². The first-order chi connectivity index (χ1) is 7.20. The third kappa shape index (κ3) is 2.05. The second-order valence-corrected chi connectivity index (χ2v) is 4.46. The van der Waals surface area contributed by atoms with Gasteiger partial charge in [-0.05, 0) is 35.1 Å². The van der Waals surface area contributed by atoms with Crippen molar-refractivity contribution in [1.29, 1.82) is 0 Å². The van der Waals surface area contributed by atoms with Crippen molar-refractivity contribution in [2.45, 2.75) is 26.9 Å². The monoisotopic (exact) mass is 202 g/mol. The van der Waals surface area contributed by atoms with E-state index in [1.807, 2.05) is 0 Å². The normalized spacial score (nSPS) is 11.5. The van der Waals surface area contributed by atoms with Crippen LogP contribution in [0.3, 0.4) is 0 Å². The van der Waals surface area contributed by atoms with Crippen molar-refractivity contribution in [3.05, 3.63) is 36.0 Å². The number of fused-ring (bicyclic) bond motifs is 1. The second kappa shape index (κ2) is 4.07. The van der Waals surface area contributed by atoms with Crippen LogP contribution in [0.15, 0.2) is 30.5 Å². The number of hydrogen-bond acceptors (Lipinski definition) is 1. The lowest BCUT2D eigenvalue weighted by Gasteiger charge is -2.08. The van der Waals surface area contributed by atoms with E-state index in [0.29, 0.717) is 12.5 Å². The Balaban J connectivity index is 2.43. The fourth-order valence-electron chi connectivity index (χ4n) is 1.93. The second-order valence-electron chi connectivity index (χ2n) is 4.46. The van der Waals surface area contributed by atoms with Gasteiger partial charge in [-0.3, -0.25) is 0 Å². The Morgan fingerprint density at radius 2 is 2.07 bits per heavy atom. The van der Waals surface area contributed by atoms with Crippen LogP contribution in [0.25, 0.3) is 10.9 Å². The molecular formula is C13H18N2. The zero-order valence-electron chi connectivity index (χ0n) is 9.40. The Hall–Kier alpha value is -1.28. The average molecular weight is 202 g/mol. The van der Waals surface area contributed by atoms with Gasteiger partial charge in [-0.15, -0.1) is 0 Å². The Morgan fingerprint density at radius 1 is 1.27 bits per heavy atom. The van der Waals surface area contributed by atoms with Crippen LogP contribution in [0.5, 0.6) is 0 Å². The highest BCUT2D eigenvalue weighted by Gasteiger charge is 2.03. The van der Waals surface area contributed by atoms with Crippen LogP contribution in [-0.2, 0) is 13.1 Å². The highest BCUT2D eigenvalue weighted by Crippen LogP contribution is 2.18. The first kappa shape index (κ1) is 10.2. The molecule has 1 aromatic carbocycles.